The van der Waals surface area contributed by atoms with Crippen LogP contribution >= 0.6 is 0 Å². The third kappa shape index (κ3) is 0.562. The second-order valence-electron chi connectivity index (χ2n) is 5.36. The number of fused-ring (bicyclic) bond motifs is 4. The van der Waals surface area contributed by atoms with E-state index in [9.17, 15) is 4.79 Å². The first-order valence-electron chi connectivity index (χ1n) is 5.55. The minimum Gasteiger partial charge on any atom is -0.299 e. The molecule has 4 aliphatic carbocycles. The summed E-state index contributed by atoms with van der Waals surface area (Å²) in [5, 5.41) is 0. The Morgan fingerprint density at radius 2 is 1.62 bits per heavy atom. The maximum atomic E-state index is 11.9. The average molecular weight is 174 g/mol. The van der Waals surface area contributed by atoms with Crippen LogP contribution in [0.15, 0.2) is 12.2 Å². The second-order valence-corrected chi connectivity index (χ2v) is 5.36. The molecule has 3 fully saturated rings. The van der Waals surface area contributed by atoms with E-state index in [1.165, 1.54) is 25.7 Å². The van der Waals surface area contributed by atoms with Crippen molar-refractivity contribution in [2.75, 3.05) is 0 Å². The first-order valence-corrected chi connectivity index (χ1v) is 5.55. The number of hydrogen-bond acceptors (Lipinski definition) is 1. The highest BCUT2D eigenvalue weighted by Gasteiger charge is 2.66. The molecule has 0 unspecified atom stereocenters. The van der Waals surface area contributed by atoms with Gasteiger partial charge in [-0.2, -0.15) is 0 Å². The fourth-order valence-corrected chi connectivity index (χ4v) is 4.36. The summed E-state index contributed by atoms with van der Waals surface area (Å²) in [5.41, 5.74) is 0.611. The minimum absolute atomic E-state index is 0.433. The van der Waals surface area contributed by atoms with Crippen LogP contribution in [-0.2, 0) is 4.79 Å². The summed E-state index contributed by atoms with van der Waals surface area (Å²) in [7, 11) is 0. The summed E-state index contributed by atoms with van der Waals surface area (Å²) in [6, 6.07) is 0. The molecule has 1 spiro atoms. The minimum atomic E-state index is 0.433. The van der Waals surface area contributed by atoms with E-state index in [2.05, 4.69) is 12.2 Å². The van der Waals surface area contributed by atoms with E-state index in [1.807, 2.05) is 0 Å². The van der Waals surface area contributed by atoms with Crippen LogP contribution in [0.3, 0.4) is 0 Å². The topological polar surface area (TPSA) is 17.1 Å². The summed E-state index contributed by atoms with van der Waals surface area (Å²) in [6.45, 7) is 0. The highest BCUT2D eigenvalue weighted by Crippen LogP contribution is 2.71. The molecule has 0 aromatic carbocycles. The van der Waals surface area contributed by atoms with Gasteiger partial charge in [0.05, 0.1) is 0 Å². The van der Waals surface area contributed by atoms with Crippen molar-refractivity contribution in [3.63, 3.8) is 0 Å². The molecule has 0 aromatic heterocycles. The molecular formula is C12H14O. The molecule has 0 radical (unpaired) electrons. The molecule has 0 N–H and O–H groups in total. The zero-order valence-electron chi connectivity index (χ0n) is 7.70. The lowest BCUT2D eigenvalue weighted by Crippen LogP contribution is -2.38. The Morgan fingerprint density at radius 3 is 2.08 bits per heavy atom. The van der Waals surface area contributed by atoms with Crippen LogP contribution in [0, 0.1) is 29.1 Å². The van der Waals surface area contributed by atoms with Gasteiger partial charge in [0.2, 0.25) is 0 Å². The van der Waals surface area contributed by atoms with Crippen molar-refractivity contribution < 1.29 is 4.79 Å². The van der Waals surface area contributed by atoms with E-state index in [1.54, 1.807) is 0 Å². The molecule has 68 valence electrons. The van der Waals surface area contributed by atoms with Gasteiger partial charge in [0, 0.05) is 11.8 Å². The van der Waals surface area contributed by atoms with E-state index in [-0.39, 0.29) is 0 Å². The molecule has 13 heavy (non-hydrogen) atoms. The van der Waals surface area contributed by atoms with E-state index in [0.717, 1.165) is 0 Å². The Morgan fingerprint density at radius 1 is 1.08 bits per heavy atom. The van der Waals surface area contributed by atoms with Crippen molar-refractivity contribution >= 4 is 5.78 Å². The number of Topliss-reactive ketones (excluding diaryl/α,β-unsaturated/α-hetero) is 1. The number of rotatable bonds is 0. The number of ketones is 1. The summed E-state index contributed by atoms with van der Waals surface area (Å²) < 4.78 is 0. The molecular weight excluding hydrogens is 160 g/mol. The molecule has 1 nitrogen and oxygen atoms in total. The Balaban J connectivity index is 1.91. The molecule has 0 heterocycles. The van der Waals surface area contributed by atoms with Crippen LogP contribution < -0.4 is 0 Å². The quantitative estimate of drug-likeness (QED) is 0.514. The maximum absolute atomic E-state index is 11.9. The molecule has 3 saturated carbocycles. The zero-order chi connectivity index (χ0) is 8.63. The van der Waals surface area contributed by atoms with Crippen molar-refractivity contribution in [2.24, 2.45) is 29.1 Å². The fraction of sp³-hybridized carbons (Fsp3) is 0.750. The molecule has 4 atom stereocenters. The van der Waals surface area contributed by atoms with Gasteiger partial charge in [-0.15, -0.1) is 0 Å². The summed E-state index contributed by atoms with van der Waals surface area (Å²) in [6.07, 6.45) is 9.93. The van der Waals surface area contributed by atoms with Crippen molar-refractivity contribution in [2.45, 2.75) is 25.7 Å². The van der Waals surface area contributed by atoms with Gasteiger partial charge in [0.15, 0.2) is 0 Å². The number of carbonyl (C=O) groups excluding carboxylic acids is 1. The van der Waals surface area contributed by atoms with Crippen LogP contribution in [0.1, 0.15) is 25.7 Å². The summed E-state index contributed by atoms with van der Waals surface area (Å²) >= 11 is 0. The average Bonchev–Trinajstić information content (AvgIpc) is 2.68. The monoisotopic (exact) mass is 174 g/mol. The largest absolute Gasteiger partial charge is 0.299 e. The standard InChI is InChI=1S/C12H14O/c13-11-7-1-2-8(11)10-4-3-9(7)12(10)5-6-12/h3-4,7-10H,1-2,5-6H2/t7-,8+,9-,10+. The number of carbonyl (C=O) groups is 1. The van der Waals surface area contributed by atoms with Crippen LogP contribution in [0.25, 0.3) is 0 Å². The van der Waals surface area contributed by atoms with Gasteiger partial charge in [-0.05, 0) is 42.9 Å². The predicted octanol–water partition coefficient (Wildman–Crippen LogP) is 2.18. The number of allylic oxidation sites excluding steroid dienone is 2. The third-order valence-electron chi connectivity index (χ3n) is 5.07. The Kier molecular flexibility index (Phi) is 0.928. The SMILES string of the molecule is O=C1[C@H]2CC[C@@H]1[C@H]1C=C[C@@H]2C12CC2. The molecule has 0 amide bonds. The Hall–Kier alpha value is -0.590. The zero-order valence-corrected chi connectivity index (χ0v) is 7.70. The molecule has 4 aliphatic rings. The van der Waals surface area contributed by atoms with Crippen LogP contribution in [0.2, 0.25) is 0 Å². The summed E-state index contributed by atoms with van der Waals surface area (Å²) in [4.78, 5) is 11.9. The van der Waals surface area contributed by atoms with E-state index in [4.69, 9.17) is 0 Å². The third-order valence-corrected chi connectivity index (χ3v) is 5.07. The second kappa shape index (κ2) is 1.77. The van der Waals surface area contributed by atoms with E-state index >= 15 is 0 Å². The van der Waals surface area contributed by atoms with Crippen molar-refractivity contribution in [3.8, 4) is 0 Å². The van der Waals surface area contributed by atoms with Crippen LogP contribution in [0.5, 0.6) is 0 Å². The van der Waals surface area contributed by atoms with Crippen LogP contribution in [-0.4, -0.2) is 5.78 Å². The Labute approximate surface area is 78.2 Å². The van der Waals surface area contributed by atoms with Crippen molar-refractivity contribution in [1.29, 1.82) is 0 Å². The summed E-state index contributed by atoms with van der Waals surface area (Å²) in [5.74, 6) is 2.79. The van der Waals surface area contributed by atoms with Crippen LogP contribution in [0.4, 0.5) is 0 Å². The smallest absolute Gasteiger partial charge is 0.140 e. The molecule has 4 rings (SSSR count). The first kappa shape index (κ1) is 6.80. The normalized spacial score (nSPS) is 53.4. The fourth-order valence-electron chi connectivity index (χ4n) is 4.36. The maximum Gasteiger partial charge on any atom is 0.140 e. The van der Waals surface area contributed by atoms with Crippen molar-refractivity contribution in [1.82, 2.24) is 0 Å². The van der Waals surface area contributed by atoms with Gasteiger partial charge in [-0.3, -0.25) is 4.79 Å². The molecule has 0 saturated heterocycles. The predicted molar refractivity (Wildman–Crippen MR) is 49.0 cm³/mol. The van der Waals surface area contributed by atoms with Gasteiger partial charge in [0.25, 0.3) is 0 Å². The van der Waals surface area contributed by atoms with Crippen molar-refractivity contribution in [3.05, 3.63) is 12.2 Å². The Bertz CT molecular complexity index is 298. The first-order chi connectivity index (χ1) is 6.33. The molecule has 1 heteroatoms. The highest BCUT2D eigenvalue weighted by molar-refractivity contribution is 5.88. The van der Waals surface area contributed by atoms with Gasteiger partial charge >= 0.3 is 0 Å². The van der Waals surface area contributed by atoms with E-state index < -0.39 is 0 Å². The lowest BCUT2D eigenvalue weighted by atomic mass is 9.67. The molecule has 0 aliphatic heterocycles. The highest BCUT2D eigenvalue weighted by atomic mass is 16.1. The van der Waals surface area contributed by atoms with E-state index in [0.29, 0.717) is 34.9 Å². The van der Waals surface area contributed by atoms with Gasteiger partial charge in [-0.25, -0.2) is 0 Å². The lowest BCUT2D eigenvalue weighted by Gasteiger charge is -2.35. The molecule has 4 bridgehead atoms. The van der Waals surface area contributed by atoms with Gasteiger partial charge in [-0.1, -0.05) is 12.2 Å². The van der Waals surface area contributed by atoms with Gasteiger partial charge < -0.3 is 0 Å². The number of hydrogen-bond donors (Lipinski definition) is 0. The lowest BCUT2D eigenvalue weighted by molar-refractivity contribution is -0.130. The molecule has 0 aromatic rings. The van der Waals surface area contributed by atoms with Gasteiger partial charge in [0.1, 0.15) is 5.78 Å².